The lowest BCUT2D eigenvalue weighted by Gasteiger charge is -2.31. The fourth-order valence-electron chi connectivity index (χ4n) is 4.52. The average molecular weight is 426 g/mol. The van der Waals surface area contributed by atoms with Crippen LogP contribution in [0.15, 0.2) is 48.5 Å². The molecule has 1 amide bonds. The number of imidazole rings is 1. The number of hydrogen-bond donors (Lipinski definition) is 0. The van der Waals surface area contributed by atoms with E-state index in [0.717, 1.165) is 29.8 Å². The van der Waals surface area contributed by atoms with Crippen LogP contribution in [0.5, 0.6) is 0 Å². The van der Waals surface area contributed by atoms with Crippen molar-refractivity contribution in [2.75, 3.05) is 0 Å². The van der Waals surface area contributed by atoms with Gasteiger partial charge in [-0.2, -0.15) is 0 Å². The third-order valence-corrected chi connectivity index (χ3v) is 6.53. The average Bonchev–Trinajstić information content (AvgIpc) is 3.26. The first kappa shape index (κ1) is 18.7. The zero-order chi connectivity index (χ0) is 20.0. The molecular weight excluding hydrogens is 405 g/mol. The first-order valence-electron chi connectivity index (χ1n) is 10.1. The number of rotatable bonds is 3. The highest BCUT2D eigenvalue weighted by molar-refractivity contribution is 6.33. The number of amides is 1. The molecule has 2 heterocycles. The standard InChI is InChI=1S/C23H21Cl2N3O/c24-15-10-12-17(13-11-15)28-21-20(26-22(28)18-8-4-5-9-19(18)25)14-27(23(21)29)16-6-2-1-3-7-16/h4-5,8-13,16H,1-3,6-7,14H2. The van der Waals surface area contributed by atoms with Crippen LogP contribution in [0, 0.1) is 0 Å². The van der Waals surface area contributed by atoms with Gasteiger partial charge in [0.2, 0.25) is 0 Å². The van der Waals surface area contributed by atoms with Gasteiger partial charge < -0.3 is 4.90 Å². The smallest absolute Gasteiger partial charge is 0.273 e. The molecular formula is C23H21Cl2N3O. The van der Waals surface area contributed by atoms with Gasteiger partial charge in [0.05, 0.1) is 17.3 Å². The van der Waals surface area contributed by atoms with Gasteiger partial charge in [-0.1, -0.05) is 54.6 Å². The Balaban J connectivity index is 1.65. The molecule has 0 N–H and O–H groups in total. The molecule has 0 spiro atoms. The Bertz CT molecular complexity index is 1070. The van der Waals surface area contributed by atoms with Crippen molar-refractivity contribution in [2.45, 2.75) is 44.7 Å². The molecule has 0 saturated heterocycles. The summed E-state index contributed by atoms with van der Waals surface area (Å²) in [5, 5.41) is 1.27. The summed E-state index contributed by atoms with van der Waals surface area (Å²) < 4.78 is 1.94. The predicted molar refractivity (Wildman–Crippen MR) is 116 cm³/mol. The molecule has 0 atom stereocenters. The summed E-state index contributed by atoms with van der Waals surface area (Å²) in [6, 6.07) is 15.4. The minimum atomic E-state index is 0.0626. The van der Waals surface area contributed by atoms with Gasteiger partial charge in [-0.3, -0.25) is 9.36 Å². The van der Waals surface area contributed by atoms with Gasteiger partial charge in [-0.15, -0.1) is 0 Å². The zero-order valence-corrected chi connectivity index (χ0v) is 17.5. The summed E-state index contributed by atoms with van der Waals surface area (Å²) in [5.41, 5.74) is 3.14. The van der Waals surface area contributed by atoms with Crippen LogP contribution in [0.4, 0.5) is 0 Å². The third-order valence-electron chi connectivity index (χ3n) is 5.95. The fourth-order valence-corrected chi connectivity index (χ4v) is 4.86. The summed E-state index contributed by atoms with van der Waals surface area (Å²) in [4.78, 5) is 20.4. The van der Waals surface area contributed by atoms with Crippen LogP contribution >= 0.6 is 23.2 Å². The lowest BCUT2D eigenvalue weighted by molar-refractivity contribution is 0.0652. The molecule has 29 heavy (non-hydrogen) atoms. The van der Waals surface area contributed by atoms with E-state index in [1.165, 1.54) is 19.3 Å². The Morgan fingerprint density at radius 2 is 1.66 bits per heavy atom. The highest BCUT2D eigenvalue weighted by atomic mass is 35.5. The van der Waals surface area contributed by atoms with Crippen molar-refractivity contribution >= 4 is 29.1 Å². The highest BCUT2D eigenvalue weighted by Gasteiger charge is 2.39. The van der Waals surface area contributed by atoms with E-state index < -0.39 is 0 Å². The minimum absolute atomic E-state index is 0.0626. The molecule has 4 nitrogen and oxygen atoms in total. The van der Waals surface area contributed by atoms with Crippen LogP contribution in [0.1, 0.15) is 48.3 Å². The third kappa shape index (κ3) is 3.24. The van der Waals surface area contributed by atoms with Crippen LogP contribution in [0.25, 0.3) is 17.1 Å². The zero-order valence-electron chi connectivity index (χ0n) is 15.9. The molecule has 2 aliphatic rings. The summed E-state index contributed by atoms with van der Waals surface area (Å²) in [6.07, 6.45) is 5.79. The van der Waals surface area contributed by atoms with E-state index in [1.54, 1.807) is 0 Å². The summed E-state index contributed by atoms with van der Waals surface area (Å²) in [6.45, 7) is 0.566. The minimum Gasteiger partial charge on any atom is -0.328 e. The predicted octanol–water partition coefficient (Wildman–Crippen LogP) is 6.13. The van der Waals surface area contributed by atoms with Gasteiger partial charge in [0.15, 0.2) is 0 Å². The fraction of sp³-hybridized carbons (Fsp3) is 0.304. The number of carbonyl (C=O) groups is 1. The maximum Gasteiger partial charge on any atom is 0.273 e. The number of halogens is 2. The molecule has 1 aliphatic heterocycles. The van der Waals surface area contributed by atoms with Crippen LogP contribution in [-0.2, 0) is 6.54 Å². The molecule has 1 saturated carbocycles. The van der Waals surface area contributed by atoms with E-state index in [2.05, 4.69) is 0 Å². The maximum atomic E-state index is 13.5. The lowest BCUT2D eigenvalue weighted by atomic mass is 9.94. The number of nitrogens with zero attached hydrogens (tertiary/aromatic N) is 3. The normalized spacial score (nSPS) is 17.0. The molecule has 6 heteroatoms. The van der Waals surface area contributed by atoms with Crippen LogP contribution in [-0.4, -0.2) is 26.4 Å². The largest absolute Gasteiger partial charge is 0.328 e. The monoisotopic (exact) mass is 425 g/mol. The number of aromatic nitrogens is 2. The van der Waals surface area contributed by atoms with Crippen LogP contribution in [0.3, 0.4) is 0 Å². The van der Waals surface area contributed by atoms with Crippen molar-refractivity contribution in [2.24, 2.45) is 0 Å². The van der Waals surface area contributed by atoms with Gasteiger partial charge in [0.1, 0.15) is 11.5 Å². The van der Waals surface area contributed by atoms with Gasteiger partial charge in [0, 0.05) is 22.3 Å². The molecule has 0 unspecified atom stereocenters. The second kappa shape index (κ2) is 7.51. The molecule has 2 aromatic carbocycles. The SMILES string of the molecule is O=C1c2c(nc(-c3ccccc3Cl)n2-c2ccc(Cl)cc2)CN1C1CCCCC1. The number of carbonyl (C=O) groups excluding carboxylic acids is 1. The molecule has 3 aromatic rings. The number of fused-ring (bicyclic) bond motifs is 1. The summed E-state index contributed by atoms with van der Waals surface area (Å²) in [5.74, 6) is 0.757. The second-order valence-electron chi connectivity index (χ2n) is 7.75. The van der Waals surface area contributed by atoms with Crippen LogP contribution < -0.4 is 0 Å². The van der Waals surface area contributed by atoms with E-state index in [4.69, 9.17) is 28.2 Å². The highest BCUT2D eigenvalue weighted by Crippen LogP contribution is 2.37. The van der Waals surface area contributed by atoms with Gasteiger partial charge in [0.25, 0.3) is 5.91 Å². The summed E-state index contributed by atoms with van der Waals surface area (Å²) >= 11 is 12.6. The second-order valence-corrected chi connectivity index (χ2v) is 8.59. The van der Waals surface area contributed by atoms with Crippen molar-refractivity contribution in [1.82, 2.24) is 14.5 Å². The van der Waals surface area contributed by atoms with E-state index in [9.17, 15) is 4.79 Å². The quantitative estimate of drug-likeness (QED) is 0.505. The Morgan fingerprint density at radius 3 is 2.38 bits per heavy atom. The van der Waals surface area contributed by atoms with E-state index >= 15 is 0 Å². The lowest BCUT2D eigenvalue weighted by Crippen LogP contribution is -2.37. The molecule has 0 bridgehead atoms. The first-order chi connectivity index (χ1) is 14.1. The van der Waals surface area contributed by atoms with Crippen molar-refractivity contribution in [3.63, 3.8) is 0 Å². The Labute approximate surface area is 180 Å². The topological polar surface area (TPSA) is 38.1 Å². The molecule has 1 aromatic heterocycles. The van der Waals surface area contributed by atoms with E-state index in [0.29, 0.717) is 34.2 Å². The molecule has 1 aliphatic carbocycles. The van der Waals surface area contributed by atoms with Gasteiger partial charge >= 0.3 is 0 Å². The first-order valence-corrected chi connectivity index (χ1v) is 10.8. The van der Waals surface area contributed by atoms with Crippen molar-refractivity contribution in [3.8, 4) is 17.1 Å². The van der Waals surface area contributed by atoms with Gasteiger partial charge in [-0.25, -0.2) is 4.98 Å². The van der Waals surface area contributed by atoms with Crippen LogP contribution in [0.2, 0.25) is 10.0 Å². The van der Waals surface area contributed by atoms with E-state index in [1.807, 2.05) is 58.0 Å². The Morgan fingerprint density at radius 1 is 0.931 bits per heavy atom. The van der Waals surface area contributed by atoms with Crippen molar-refractivity contribution < 1.29 is 4.79 Å². The molecule has 5 rings (SSSR count). The molecule has 0 radical (unpaired) electrons. The Hall–Kier alpha value is -2.30. The molecule has 148 valence electrons. The van der Waals surface area contributed by atoms with Crippen molar-refractivity contribution in [1.29, 1.82) is 0 Å². The number of hydrogen-bond acceptors (Lipinski definition) is 2. The van der Waals surface area contributed by atoms with Crippen molar-refractivity contribution in [3.05, 3.63) is 70.0 Å². The number of benzene rings is 2. The van der Waals surface area contributed by atoms with E-state index in [-0.39, 0.29) is 5.91 Å². The summed E-state index contributed by atoms with van der Waals surface area (Å²) in [7, 11) is 0. The maximum absolute atomic E-state index is 13.5. The molecule has 1 fully saturated rings. The Kier molecular flexibility index (Phi) is 4.84. The van der Waals surface area contributed by atoms with Gasteiger partial charge in [-0.05, 0) is 49.2 Å².